The fourth-order valence-corrected chi connectivity index (χ4v) is 2.73. The van der Waals surface area contributed by atoms with Gasteiger partial charge in [-0.15, -0.1) is 0 Å². The normalized spacial score (nSPS) is 11.0. The molecule has 2 aromatic carbocycles. The number of hydrogen-bond acceptors (Lipinski definition) is 3. The molecular weight excluding hydrogens is 312 g/mol. The lowest BCUT2D eigenvalue weighted by Gasteiger charge is -2.03. The number of hydrogen-bond donors (Lipinski definition) is 0. The van der Waals surface area contributed by atoms with Crippen LogP contribution in [0.2, 0.25) is 0 Å². The lowest BCUT2D eigenvalue weighted by molar-refractivity contribution is 0.104. The first-order valence-electron chi connectivity index (χ1n) is 8.08. The van der Waals surface area contributed by atoms with E-state index in [1.165, 1.54) is 0 Å². The van der Waals surface area contributed by atoms with Crippen molar-refractivity contribution < 1.29 is 9.53 Å². The minimum Gasteiger partial charge on any atom is -0.497 e. The van der Waals surface area contributed by atoms with Crippen molar-refractivity contribution in [2.75, 3.05) is 7.11 Å². The van der Waals surface area contributed by atoms with Crippen molar-refractivity contribution in [1.29, 1.82) is 0 Å². The average molecular weight is 332 g/mol. The second-order valence-electron chi connectivity index (χ2n) is 5.76. The van der Waals surface area contributed by atoms with Crippen molar-refractivity contribution in [3.8, 4) is 11.4 Å². The molecule has 126 valence electrons. The zero-order valence-corrected chi connectivity index (χ0v) is 14.6. The number of carbonyl (C=O) groups is 1. The number of para-hydroxylation sites is 1. The summed E-state index contributed by atoms with van der Waals surface area (Å²) in [6.07, 6.45) is 3.43. The molecule has 1 heterocycles. The monoisotopic (exact) mass is 332 g/mol. The van der Waals surface area contributed by atoms with Crippen LogP contribution in [-0.4, -0.2) is 22.7 Å². The Morgan fingerprint density at radius 3 is 2.36 bits per heavy atom. The molecule has 0 atom stereocenters. The van der Waals surface area contributed by atoms with E-state index >= 15 is 0 Å². The molecule has 4 heteroatoms. The third-order valence-electron chi connectivity index (χ3n) is 4.12. The zero-order valence-electron chi connectivity index (χ0n) is 14.6. The Hall–Kier alpha value is -3.14. The van der Waals surface area contributed by atoms with E-state index < -0.39 is 0 Å². The van der Waals surface area contributed by atoms with Gasteiger partial charge in [0.1, 0.15) is 5.75 Å². The van der Waals surface area contributed by atoms with E-state index in [1.54, 1.807) is 37.5 Å². The van der Waals surface area contributed by atoms with E-state index in [-0.39, 0.29) is 5.78 Å². The number of ether oxygens (including phenoxy) is 1. The largest absolute Gasteiger partial charge is 0.497 e. The highest BCUT2D eigenvalue weighted by Crippen LogP contribution is 2.20. The number of aryl methyl sites for hydroxylation is 1. The number of nitrogens with zero attached hydrogens (tertiary/aromatic N) is 2. The molecule has 0 spiro atoms. The highest BCUT2D eigenvalue weighted by molar-refractivity contribution is 6.07. The van der Waals surface area contributed by atoms with Gasteiger partial charge in [0.05, 0.1) is 18.5 Å². The molecule has 0 bridgehead atoms. The van der Waals surface area contributed by atoms with Crippen molar-refractivity contribution in [3.05, 3.63) is 83.2 Å². The van der Waals surface area contributed by atoms with Crippen LogP contribution >= 0.6 is 0 Å². The van der Waals surface area contributed by atoms with Gasteiger partial charge in [-0.2, -0.15) is 5.10 Å². The second kappa shape index (κ2) is 7.18. The van der Waals surface area contributed by atoms with Crippen molar-refractivity contribution in [3.63, 3.8) is 0 Å². The van der Waals surface area contributed by atoms with Crippen LogP contribution in [0, 0.1) is 13.8 Å². The molecule has 0 fully saturated rings. The average Bonchev–Trinajstić information content (AvgIpc) is 2.94. The van der Waals surface area contributed by atoms with E-state index in [1.807, 2.05) is 54.9 Å². The third-order valence-corrected chi connectivity index (χ3v) is 4.12. The van der Waals surface area contributed by atoms with Gasteiger partial charge in [-0.25, -0.2) is 4.68 Å². The minimum atomic E-state index is -0.0473. The molecule has 0 amide bonds. The molecule has 3 aromatic rings. The van der Waals surface area contributed by atoms with Gasteiger partial charge in [-0.3, -0.25) is 4.79 Å². The van der Waals surface area contributed by atoms with Crippen molar-refractivity contribution in [2.45, 2.75) is 13.8 Å². The van der Waals surface area contributed by atoms with Gasteiger partial charge in [0.2, 0.25) is 0 Å². The number of methoxy groups -OCH3 is 1. The minimum absolute atomic E-state index is 0.0473. The van der Waals surface area contributed by atoms with Crippen LogP contribution in [0.1, 0.15) is 27.3 Å². The number of ketones is 1. The number of aromatic nitrogens is 2. The van der Waals surface area contributed by atoms with E-state index in [4.69, 9.17) is 4.74 Å². The summed E-state index contributed by atoms with van der Waals surface area (Å²) in [4.78, 5) is 12.4. The van der Waals surface area contributed by atoms with Gasteiger partial charge in [-0.1, -0.05) is 18.2 Å². The molecule has 0 radical (unpaired) electrons. The predicted molar refractivity (Wildman–Crippen MR) is 99.4 cm³/mol. The van der Waals surface area contributed by atoms with Crippen LogP contribution in [0.3, 0.4) is 0 Å². The summed E-state index contributed by atoms with van der Waals surface area (Å²) in [7, 11) is 1.60. The van der Waals surface area contributed by atoms with Gasteiger partial charge in [0.15, 0.2) is 5.78 Å². The summed E-state index contributed by atoms with van der Waals surface area (Å²) in [6.45, 7) is 3.95. The molecule has 0 aliphatic heterocycles. The Labute approximate surface area is 147 Å². The number of allylic oxidation sites excluding steroid dienone is 1. The Morgan fingerprint density at radius 2 is 1.72 bits per heavy atom. The molecule has 3 rings (SSSR count). The lowest BCUT2D eigenvalue weighted by Crippen LogP contribution is -1.98. The Morgan fingerprint density at radius 1 is 1.04 bits per heavy atom. The first-order valence-corrected chi connectivity index (χ1v) is 8.08. The highest BCUT2D eigenvalue weighted by atomic mass is 16.5. The molecule has 0 aliphatic carbocycles. The molecule has 0 N–H and O–H groups in total. The van der Waals surface area contributed by atoms with Gasteiger partial charge in [-0.05, 0) is 62.4 Å². The molecular formula is C21H20N2O2. The molecule has 0 unspecified atom stereocenters. The standard InChI is InChI=1S/C21H20N2O2/c1-15-20(16(2)23(22-15)18-7-5-4-6-8-18)13-14-21(24)17-9-11-19(25-3)12-10-17/h4-14H,1-3H3. The van der Waals surface area contributed by atoms with Gasteiger partial charge in [0.25, 0.3) is 0 Å². The van der Waals surface area contributed by atoms with E-state index in [0.29, 0.717) is 5.56 Å². The second-order valence-corrected chi connectivity index (χ2v) is 5.76. The van der Waals surface area contributed by atoms with Crippen molar-refractivity contribution >= 4 is 11.9 Å². The third kappa shape index (κ3) is 3.53. The predicted octanol–water partition coefficient (Wildman–Crippen LogP) is 4.39. The lowest BCUT2D eigenvalue weighted by atomic mass is 10.1. The van der Waals surface area contributed by atoms with E-state index in [2.05, 4.69) is 5.10 Å². The Bertz CT molecular complexity index is 907. The molecule has 0 aliphatic rings. The van der Waals surface area contributed by atoms with Crippen molar-refractivity contribution in [2.24, 2.45) is 0 Å². The van der Waals surface area contributed by atoms with Crippen molar-refractivity contribution in [1.82, 2.24) is 9.78 Å². The Kier molecular flexibility index (Phi) is 4.80. The molecule has 0 saturated heterocycles. The van der Waals surface area contributed by atoms with E-state index in [9.17, 15) is 4.79 Å². The van der Waals surface area contributed by atoms with Gasteiger partial charge >= 0.3 is 0 Å². The number of benzene rings is 2. The first kappa shape index (κ1) is 16.7. The summed E-state index contributed by atoms with van der Waals surface area (Å²) in [5, 5.41) is 4.59. The molecule has 25 heavy (non-hydrogen) atoms. The summed E-state index contributed by atoms with van der Waals surface area (Å²) in [6, 6.07) is 17.0. The SMILES string of the molecule is COc1ccc(C(=O)C=Cc2c(C)nn(-c3ccccc3)c2C)cc1. The quantitative estimate of drug-likeness (QED) is 0.514. The van der Waals surface area contributed by atoms with Gasteiger partial charge < -0.3 is 4.74 Å². The van der Waals surface area contributed by atoms with Crippen LogP contribution in [0.5, 0.6) is 5.75 Å². The van der Waals surface area contributed by atoms with Crippen LogP contribution in [0.15, 0.2) is 60.7 Å². The number of rotatable bonds is 5. The number of carbonyl (C=O) groups excluding carboxylic acids is 1. The fraction of sp³-hybridized carbons (Fsp3) is 0.143. The summed E-state index contributed by atoms with van der Waals surface area (Å²) < 4.78 is 7.01. The fourth-order valence-electron chi connectivity index (χ4n) is 2.73. The maximum absolute atomic E-state index is 12.4. The van der Waals surface area contributed by atoms with Crippen LogP contribution < -0.4 is 4.74 Å². The van der Waals surface area contributed by atoms with Gasteiger partial charge in [0, 0.05) is 16.8 Å². The Balaban J connectivity index is 1.86. The smallest absolute Gasteiger partial charge is 0.185 e. The zero-order chi connectivity index (χ0) is 17.8. The topological polar surface area (TPSA) is 44.1 Å². The molecule has 4 nitrogen and oxygen atoms in total. The highest BCUT2D eigenvalue weighted by Gasteiger charge is 2.11. The summed E-state index contributed by atoms with van der Waals surface area (Å²) in [5.74, 6) is 0.685. The summed E-state index contributed by atoms with van der Waals surface area (Å²) >= 11 is 0. The van der Waals surface area contributed by atoms with Crippen LogP contribution in [-0.2, 0) is 0 Å². The maximum atomic E-state index is 12.4. The molecule has 0 saturated carbocycles. The molecule has 1 aromatic heterocycles. The first-order chi connectivity index (χ1) is 12.1. The van der Waals surface area contributed by atoms with E-state index in [0.717, 1.165) is 28.4 Å². The van der Waals surface area contributed by atoms with Crippen LogP contribution in [0.25, 0.3) is 11.8 Å². The van der Waals surface area contributed by atoms with Crippen LogP contribution in [0.4, 0.5) is 0 Å². The summed E-state index contributed by atoms with van der Waals surface area (Å²) in [5.41, 5.74) is 4.49. The maximum Gasteiger partial charge on any atom is 0.185 e.